The highest BCUT2D eigenvalue weighted by molar-refractivity contribution is 9.09. The van der Waals surface area contributed by atoms with Crippen LogP contribution in [-0.2, 0) is 10.2 Å². The van der Waals surface area contributed by atoms with E-state index < -0.39 is 10.2 Å². The fraction of sp³-hybridized carbons (Fsp3) is 1.00. The number of rotatable bonds is 6. The van der Waals surface area contributed by atoms with Crippen LogP contribution in [0.2, 0.25) is 0 Å². The topological polar surface area (TPSA) is 49.4 Å². The molecule has 0 radical (unpaired) electrons. The molecule has 1 atom stereocenters. The van der Waals surface area contributed by atoms with Crippen LogP contribution in [0.25, 0.3) is 0 Å². The molecule has 1 aliphatic heterocycles. The predicted octanol–water partition coefficient (Wildman–Crippen LogP) is 1.48. The van der Waals surface area contributed by atoms with Gasteiger partial charge in [0.05, 0.1) is 0 Å². The summed E-state index contributed by atoms with van der Waals surface area (Å²) in [6.45, 7) is 3.25. The molecule has 4 nitrogen and oxygen atoms in total. The van der Waals surface area contributed by atoms with Gasteiger partial charge in [0.2, 0.25) is 0 Å². The summed E-state index contributed by atoms with van der Waals surface area (Å²) < 4.78 is 27.9. The van der Waals surface area contributed by atoms with E-state index in [4.69, 9.17) is 0 Å². The predicted molar refractivity (Wildman–Crippen MR) is 65.4 cm³/mol. The first-order valence-corrected chi connectivity index (χ1v) is 7.96. The van der Waals surface area contributed by atoms with Crippen LogP contribution in [-0.4, -0.2) is 37.2 Å². The Morgan fingerprint density at radius 1 is 1.40 bits per heavy atom. The van der Waals surface area contributed by atoms with Crippen LogP contribution in [0.4, 0.5) is 0 Å². The van der Waals surface area contributed by atoms with Crippen LogP contribution in [0.3, 0.4) is 0 Å². The van der Waals surface area contributed by atoms with E-state index >= 15 is 0 Å². The second-order valence-corrected chi connectivity index (χ2v) is 6.46. The number of nitrogens with zero attached hydrogens (tertiary/aromatic N) is 1. The second kappa shape index (κ2) is 6.18. The molecule has 0 bridgehead atoms. The Balaban J connectivity index is 2.41. The minimum absolute atomic E-state index is 0.0214. The maximum Gasteiger partial charge on any atom is 0.279 e. The normalized spacial score (nSPS) is 20.7. The Labute approximate surface area is 101 Å². The van der Waals surface area contributed by atoms with Gasteiger partial charge in [-0.25, -0.2) is 0 Å². The molecule has 0 spiro atoms. The van der Waals surface area contributed by atoms with E-state index in [0.717, 1.165) is 31.0 Å². The summed E-state index contributed by atoms with van der Waals surface area (Å²) in [5, 5.41) is 0.919. The van der Waals surface area contributed by atoms with Gasteiger partial charge >= 0.3 is 0 Å². The van der Waals surface area contributed by atoms with Crippen molar-refractivity contribution in [1.82, 2.24) is 9.03 Å². The molecule has 6 heteroatoms. The summed E-state index contributed by atoms with van der Waals surface area (Å²) in [6, 6.07) is 0.0214. The van der Waals surface area contributed by atoms with Crippen molar-refractivity contribution in [2.75, 3.05) is 18.4 Å². The number of alkyl halides is 1. The van der Waals surface area contributed by atoms with Crippen LogP contribution in [0.1, 0.15) is 32.6 Å². The molecule has 0 saturated carbocycles. The lowest BCUT2D eigenvalue weighted by Crippen LogP contribution is -2.43. The lowest BCUT2D eigenvalue weighted by Gasteiger charge is -2.19. The molecule has 1 aliphatic rings. The molecular weight excluding hydrogens is 280 g/mol. The Morgan fingerprint density at radius 2 is 2.00 bits per heavy atom. The van der Waals surface area contributed by atoms with E-state index in [1.165, 1.54) is 4.31 Å². The quantitative estimate of drug-likeness (QED) is 0.755. The number of halogens is 1. The first kappa shape index (κ1) is 13.4. The second-order valence-electron chi connectivity index (χ2n) is 3.96. The van der Waals surface area contributed by atoms with Gasteiger partial charge in [0, 0.05) is 24.5 Å². The highest BCUT2D eigenvalue weighted by Crippen LogP contribution is 2.12. The van der Waals surface area contributed by atoms with Crippen molar-refractivity contribution in [2.45, 2.75) is 38.6 Å². The highest BCUT2D eigenvalue weighted by atomic mass is 79.9. The number of hydrogen-bond donors (Lipinski definition) is 1. The minimum atomic E-state index is -3.22. The third-order valence-corrected chi connectivity index (χ3v) is 4.83. The van der Waals surface area contributed by atoms with E-state index in [2.05, 4.69) is 20.7 Å². The van der Waals surface area contributed by atoms with Crippen LogP contribution in [0.5, 0.6) is 0 Å². The number of nitrogens with one attached hydrogen (secondary N) is 1. The molecule has 1 fully saturated rings. The zero-order chi connectivity index (χ0) is 11.3. The van der Waals surface area contributed by atoms with Gasteiger partial charge in [0.15, 0.2) is 0 Å². The van der Waals surface area contributed by atoms with Gasteiger partial charge in [0.1, 0.15) is 0 Å². The molecule has 1 heterocycles. The SMILES string of the molecule is CC(CCCBr)NS(=O)(=O)N1CCCC1. The molecule has 1 N–H and O–H groups in total. The number of hydrogen-bond acceptors (Lipinski definition) is 2. The Morgan fingerprint density at radius 3 is 2.53 bits per heavy atom. The van der Waals surface area contributed by atoms with Gasteiger partial charge in [0.25, 0.3) is 10.2 Å². The van der Waals surface area contributed by atoms with Crippen LogP contribution >= 0.6 is 15.9 Å². The first-order valence-electron chi connectivity index (χ1n) is 5.39. The van der Waals surface area contributed by atoms with Crippen molar-refractivity contribution in [1.29, 1.82) is 0 Å². The average Bonchev–Trinajstić information content (AvgIpc) is 2.67. The summed E-state index contributed by atoms with van der Waals surface area (Å²) in [5.41, 5.74) is 0. The molecule has 15 heavy (non-hydrogen) atoms. The maximum atomic E-state index is 11.8. The van der Waals surface area contributed by atoms with E-state index in [-0.39, 0.29) is 6.04 Å². The van der Waals surface area contributed by atoms with Crippen molar-refractivity contribution >= 4 is 26.1 Å². The van der Waals surface area contributed by atoms with Gasteiger partial charge in [-0.05, 0) is 32.6 Å². The van der Waals surface area contributed by atoms with Crippen molar-refractivity contribution < 1.29 is 8.42 Å². The van der Waals surface area contributed by atoms with Gasteiger partial charge < -0.3 is 0 Å². The molecule has 0 aliphatic carbocycles. The fourth-order valence-corrected chi connectivity index (χ4v) is 3.54. The van der Waals surface area contributed by atoms with Gasteiger partial charge in [-0.15, -0.1) is 0 Å². The Hall–Kier alpha value is 0.350. The zero-order valence-corrected chi connectivity index (χ0v) is 11.5. The van der Waals surface area contributed by atoms with E-state index in [9.17, 15) is 8.42 Å². The lowest BCUT2D eigenvalue weighted by molar-refractivity contribution is 0.450. The zero-order valence-electron chi connectivity index (χ0n) is 9.08. The maximum absolute atomic E-state index is 11.8. The van der Waals surface area contributed by atoms with Gasteiger partial charge in [-0.1, -0.05) is 15.9 Å². The molecule has 1 saturated heterocycles. The standard InChI is InChI=1S/C9H19BrN2O2S/c1-9(5-4-6-10)11-15(13,14)12-7-2-3-8-12/h9,11H,2-8H2,1H3. The molecule has 90 valence electrons. The third-order valence-electron chi connectivity index (χ3n) is 2.53. The largest absolute Gasteiger partial charge is 0.279 e. The smallest absolute Gasteiger partial charge is 0.199 e. The van der Waals surface area contributed by atoms with Crippen LogP contribution < -0.4 is 4.72 Å². The van der Waals surface area contributed by atoms with E-state index in [0.29, 0.717) is 13.1 Å². The van der Waals surface area contributed by atoms with Crippen molar-refractivity contribution in [2.24, 2.45) is 0 Å². The van der Waals surface area contributed by atoms with E-state index in [1.54, 1.807) is 0 Å². The summed E-state index contributed by atoms with van der Waals surface area (Å²) in [6.07, 6.45) is 3.83. The highest BCUT2D eigenvalue weighted by Gasteiger charge is 2.26. The van der Waals surface area contributed by atoms with Gasteiger partial charge in [-0.2, -0.15) is 17.4 Å². The van der Waals surface area contributed by atoms with Gasteiger partial charge in [-0.3, -0.25) is 0 Å². The average molecular weight is 299 g/mol. The van der Waals surface area contributed by atoms with Crippen LogP contribution in [0.15, 0.2) is 0 Å². The molecule has 0 aromatic heterocycles. The summed E-state index contributed by atoms with van der Waals surface area (Å²) in [4.78, 5) is 0. The first-order chi connectivity index (χ1) is 7.06. The van der Waals surface area contributed by atoms with Crippen LogP contribution in [0, 0.1) is 0 Å². The minimum Gasteiger partial charge on any atom is -0.199 e. The van der Waals surface area contributed by atoms with Crippen molar-refractivity contribution in [3.8, 4) is 0 Å². The molecule has 0 aromatic carbocycles. The molecule has 1 unspecified atom stereocenters. The Kier molecular flexibility index (Phi) is 5.52. The van der Waals surface area contributed by atoms with Crippen molar-refractivity contribution in [3.05, 3.63) is 0 Å². The summed E-state index contributed by atoms with van der Waals surface area (Å²) in [5.74, 6) is 0. The molecular formula is C9H19BrN2O2S. The fourth-order valence-electron chi connectivity index (χ4n) is 1.70. The van der Waals surface area contributed by atoms with E-state index in [1.807, 2.05) is 6.92 Å². The molecule has 1 rings (SSSR count). The molecule has 0 amide bonds. The van der Waals surface area contributed by atoms with Crippen molar-refractivity contribution in [3.63, 3.8) is 0 Å². The molecule has 0 aromatic rings. The third kappa shape index (κ3) is 4.38. The summed E-state index contributed by atoms with van der Waals surface area (Å²) in [7, 11) is -3.22. The summed E-state index contributed by atoms with van der Waals surface area (Å²) >= 11 is 3.34. The Bertz CT molecular complexity index is 276. The monoisotopic (exact) mass is 298 g/mol. The lowest BCUT2D eigenvalue weighted by atomic mass is 10.2.